The van der Waals surface area contributed by atoms with Crippen LogP contribution < -0.4 is 10.0 Å². The lowest BCUT2D eigenvalue weighted by molar-refractivity contribution is -0.384. The predicted molar refractivity (Wildman–Crippen MR) is 106 cm³/mol. The molecule has 9 nitrogen and oxygen atoms in total. The molecule has 156 valence electrons. The number of hydrogen-bond acceptors (Lipinski definition) is 7. The van der Waals surface area contributed by atoms with E-state index in [4.69, 9.17) is 4.74 Å². The van der Waals surface area contributed by atoms with Crippen molar-refractivity contribution in [2.24, 2.45) is 0 Å². The summed E-state index contributed by atoms with van der Waals surface area (Å²) in [7, 11) is -3.79. The number of nitrogens with one attached hydrogen (secondary N) is 2. The van der Waals surface area contributed by atoms with Gasteiger partial charge in [-0.3, -0.25) is 15.0 Å². The summed E-state index contributed by atoms with van der Waals surface area (Å²) >= 11 is 0. The second-order valence-corrected chi connectivity index (χ2v) is 9.03. The van der Waals surface area contributed by atoms with Crippen LogP contribution in [-0.4, -0.2) is 63.7 Å². The molecule has 2 N–H and O–H groups in total. The van der Waals surface area contributed by atoms with Crippen molar-refractivity contribution >= 4 is 21.4 Å². The summed E-state index contributed by atoms with van der Waals surface area (Å²) in [4.78, 5) is 13.1. The van der Waals surface area contributed by atoms with Crippen molar-refractivity contribution in [3.05, 3.63) is 28.3 Å². The van der Waals surface area contributed by atoms with Crippen LogP contribution in [0.25, 0.3) is 0 Å². The fraction of sp³-hybridized carbons (Fsp3) is 0.667. The standard InChI is InChI=1S/C18H28N4O5S/c23-22(24)18-14-16(6-7-17(18)20-15-4-1-2-5-15)28(25,26)19-8-3-9-21-10-12-27-13-11-21/h6-7,14-15,19-20H,1-5,8-13H2. The maximum atomic E-state index is 12.5. The highest BCUT2D eigenvalue weighted by molar-refractivity contribution is 7.89. The normalized spacial score (nSPS) is 19.0. The van der Waals surface area contributed by atoms with Crippen LogP contribution in [-0.2, 0) is 14.8 Å². The Morgan fingerprint density at radius 2 is 1.93 bits per heavy atom. The molecule has 0 radical (unpaired) electrons. The van der Waals surface area contributed by atoms with Crippen LogP contribution in [0, 0.1) is 10.1 Å². The largest absolute Gasteiger partial charge is 0.379 e. The van der Waals surface area contributed by atoms with Crippen molar-refractivity contribution in [1.29, 1.82) is 0 Å². The maximum absolute atomic E-state index is 12.5. The summed E-state index contributed by atoms with van der Waals surface area (Å²) in [5.74, 6) is 0. The zero-order valence-corrected chi connectivity index (χ0v) is 16.7. The first-order chi connectivity index (χ1) is 13.5. The third-order valence-corrected chi connectivity index (χ3v) is 6.70. The maximum Gasteiger partial charge on any atom is 0.293 e. The number of rotatable bonds is 9. The van der Waals surface area contributed by atoms with E-state index in [2.05, 4.69) is 14.9 Å². The first kappa shape index (κ1) is 21.0. The average Bonchev–Trinajstić information content (AvgIpc) is 3.19. The van der Waals surface area contributed by atoms with Crippen LogP contribution in [0.15, 0.2) is 23.1 Å². The van der Waals surface area contributed by atoms with E-state index in [0.29, 0.717) is 25.3 Å². The lowest BCUT2D eigenvalue weighted by atomic mass is 10.2. The molecule has 2 fully saturated rings. The molecule has 3 rings (SSSR count). The molecule has 0 spiro atoms. The Bertz CT molecular complexity index is 774. The molecule has 1 aliphatic heterocycles. The first-order valence-electron chi connectivity index (χ1n) is 9.80. The fourth-order valence-corrected chi connectivity index (χ4v) is 4.75. The number of nitro benzene ring substituents is 1. The number of sulfonamides is 1. The minimum Gasteiger partial charge on any atom is -0.379 e. The average molecular weight is 413 g/mol. The van der Waals surface area contributed by atoms with E-state index in [9.17, 15) is 18.5 Å². The molecule has 1 saturated carbocycles. The molecule has 0 bridgehead atoms. The quantitative estimate of drug-likeness (QED) is 0.362. The zero-order chi connectivity index (χ0) is 20.0. The number of ether oxygens (including phenoxy) is 1. The summed E-state index contributed by atoms with van der Waals surface area (Å²) < 4.78 is 32.9. The van der Waals surface area contributed by atoms with Crippen molar-refractivity contribution < 1.29 is 18.1 Å². The van der Waals surface area contributed by atoms with Crippen LogP contribution in [0.5, 0.6) is 0 Å². The van der Waals surface area contributed by atoms with E-state index >= 15 is 0 Å². The number of benzene rings is 1. The second-order valence-electron chi connectivity index (χ2n) is 7.27. The van der Waals surface area contributed by atoms with E-state index in [0.717, 1.165) is 51.4 Å². The summed E-state index contributed by atoms with van der Waals surface area (Å²) in [5.41, 5.74) is 0.172. The van der Waals surface area contributed by atoms with Gasteiger partial charge in [-0.15, -0.1) is 0 Å². The van der Waals surface area contributed by atoms with E-state index in [1.54, 1.807) is 0 Å². The van der Waals surface area contributed by atoms with Gasteiger partial charge in [0.25, 0.3) is 5.69 Å². The number of hydrogen-bond donors (Lipinski definition) is 2. The predicted octanol–water partition coefficient (Wildman–Crippen LogP) is 1.95. The van der Waals surface area contributed by atoms with Crippen LogP contribution in [0.3, 0.4) is 0 Å². The summed E-state index contributed by atoms with van der Waals surface area (Å²) in [6, 6.07) is 4.27. The summed E-state index contributed by atoms with van der Waals surface area (Å²) in [6.07, 6.45) is 4.82. The fourth-order valence-electron chi connectivity index (χ4n) is 3.66. The number of morpholine rings is 1. The molecule has 28 heavy (non-hydrogen) atoms. The van der Waals surface area contributed by atoms with Gasteiger partial charge in [0.05, 0.1) is 23.0 Å². The van der Waals surface area contributed by atoms with Gasteiger partial charge < -0.3 is 10.1 Å². The highest BCUT2D eigenvalue weighted by atomic mass is 32.2. The van der Waals surface area contributed by atoms with Crippen LogP contribution in [0.4, 0.5) is 11.4 Å². The Labute approximate surface area is 165 Å². The topological polar surface area (TPSA) is 114 Å². The minimum absolute atomic E-state index is 0.0810. The molecule has 10 heteroatoms. The van der Waals surface area contributed by atoms with Gasteiger partial charge >= 0.3 is 0 Å². The van der Waals surface area contributed by atoms with Crippen molar-refractivity contribution in [3.8, 4) is 0 Å². The lowest BCUT2D eigenvalue weighted by Crippen LogP contribution is -2.38. The zero-order valence-electron chi connectivity index (χ0n) is 15.9. The highest BCUT2D eigenvalue weighted by Gasteiger charge is 2.24. The van der Waals surface area contributed by atoms with Gasteiger partial charge in [0, 0.05) is 31.7 Å². The molecule has 0 unspecified atom stereocenters. The molecule has 0 aromatic heterocycles. The smallest absolute Gasteiger partial charge is 0.293 e. The van der Waals surface area contributed by atoms with Gasteiger partial charge in [-0.2, -0.15) is 0 Å². The summed E-state index contributed by atoms with van der Waals surface area (Å²) in [6.45, 7) is 4.20. The Morgan fingerprint density at radius 3 is 2.61 bits per heavy atom. The number of nitro groups is 1. The third-order valence-electron chi connectivity index (χ3n) is 5.24. The molecule has 1 aromatic rings. The van der Waals surface area contributed by atoms with Gasteiger partial charge in [-0.05, 0) is 37.9 Å². The molecular formula is C18H28N4O5S. The highest BCUT2D eigenvalue weighted by Crippen LogP contribution is 2.31. The molecular weight excluding hydrogens is 384 g/mol. The molecule has 1 saturated heterocycles. The van der Waals surface area contributed by atoms with Crippen LogP contribution in [0.2, 0.25) is 0 Å². The molecule has 2 aliphatic rings. The second kappa shape index (κ2) is 9.64. The van der Waals surface area contributed by atoms with Crippen molar-refractivity contribution in [2.75, 3.05) is 44.7 Å². The van der Waals surface area contributed by atoms with E-state index in [1.807, 2.05) is 0 Å². The van der Waals surface area contributed by atoms with Gasteiger partial charge in [-0.1, -0.05) is 12.8 Å². The molecule has 1 aromatic carbocycles. The van der Waals surface area contributed by atoms with Crippen molar-refractivity contribution in [1.82, 2.24) is 9.62 Å². The minimum atomic E-state index is -3.79. The van der Waals surface area contributed by atoms with E-state index in [1.165, 1.54) is 12.1 Å². The number of nitrogens with zero attached hydrogens (tertiary/aromatic N) is 2. The van der Waals surface area contributed by atoms with Gasteiger partial charge in [0.15, 0.2) is 0 Å². The third kappa shape index (κ3) is 5.63. The molecule has 1 aliphatic carbocycles. The van der Waals surface area contributed by atoms with Crippen LogP contribution >= 0.6 is 0 Å². The van der Waals surface area contributed by atoms with Crippen LogP contribution in [0.1, 0.15) is 32.1 Å². The molecule has 1 heterocycles. The Morgan fingerprint density at radius 1 is 1.21 bits per heavy atom. The van der Waals surface area contributed by atoms with Crippen molar-refractivity contribution in [3.63, 3.8) is 0 Å². The SMILES string of the molecule is O=[N+]([O-])c1cc(S(=O)(=O)NCCCN2CCOCC2)ccc1NC1CCCC1. The number of anilines is 1. The Balaban J connectivity index is 1.60. The Hall–Kier alpha value is -1.75. The van der Waals surface area contributed by atoms with E-state index in [-0.39, 0.29) is 23.2 Å². The monoisotopic (exact) mass is 412 g/mol. The lowest BCUT2D eigenvalue weighted by Gasteiger charge is -2.26. The van der Waals surface area contributed by atoms with Crippen molar-refractivity contribution in [2.45, 2.75) is 43.0 Å². The molecule has 0 amide bonds. The molecule has 0 atom stereocenters. The van der Waals surface area contributed by atoms with Gasteiger partial charge in [0.1, 0.15) is 5.69 Å². The summed E-state index contributed by atoms with van der Waals surface area (Å²) in [5, 5.41) is 14.6. The van der Waals surface area contributed by atoms with Gasteiger partial charge in [-0.25, -0.2) is 13.1 Å². The first-order valence-corrected chi connectivity index (χ1v) is 11.3. The van der Waals surface area contributed by atoms with E-state index < -0.39 is 14.9 Å². The van der Waals surface area contributed by atoms with Gasteiger partial charge in [0.2, 0.25) is 10.0 Å². The Kier molecular flexibility index (Phi) is 7.22.